The van der Waals surface area contributed by atoms with Gasteiger partial charge in [-0.15, -0.1) is 0 Å². The molecule has 0 saturated carbocycles. The Bertz CT molecular complexity index is 497. The molecule has 1 aromatic heterocycles. The van der Waals surface area contributed by atoms with Gasteiger partial charge in [-0.3, -0.25) is 9.36 Å². The predicted octanol–water partition coefficient (Wildman–Crippen LogP) is 2.64. The molecule has 0 N–H and O–H groups in total. The molecule has 18 heavy (non-hydrogen) atoms. The Morgan fingerprint density at radius 1 is 1.33 bits per heavy atom. The maximum absolute atomic E-state index is 13.0. The molecule has 102 valence electrons. The molecule has 0 radical (unpaired) electrons. The standard InChI is InChI=1S/C9H9F5N2OS/c1-3-16-6(17)4-5(15-7(16)18-2)8(10,11)9(12,13)14/h4H,3H2,1-2H3. The lowest BCUT2D eigenvalue weighted by Gasteiger charge is -2.20. The second kappa shape index (κ2) is 4.87. The van der Waals surface area contributed by atoms with Gasteiger partial charge >= 0.3 is 12.1 Å². The van der Waals surface area contributed by atoms with Gasteiger partial charge in [-0.25, -0.2) is 4.98 Å². The Morgan fingerprint density at radius 3 is 2.28 bits per heavy atom. The van der Waals surface area contributed by atoms with Crippen LogP contribution < -0.4 is 5.56 Å². The molecule has 0 spiro atoms. The van der Waals surface area contributed by atoms with Gasteiger partial charge in [-0.05, 0) is 13.2 Å². The van der Waals surface area contributed by atoms with Crippen LogP contribution >= 0.6 is 11.8 Å². The summed E-state index contributed by atoms with van der Waals surface area (Å²) < 4.78 is 63.6. The molecule has 0 bridgehead atoms. The summed E-state index contributed by atoms with van der Waals surface area (Å²) in [4.78, 5) is 14.7. The van der Waals surface area contributed by atoms with Gasteiger partial charge in [-0.1, -0.05) is 11.8 Å². The normalized spacial score (nSPS) is 12.8. The van der Waals surface area contributed by atoms with Crippen LogP contribution in [0, 0.1) is 0 Å². The fraction of sp³-hybridized carbons (Fsp3) is 0.556. The lowest BCUT2D eigenvalue weighted by atomic mass is 10.2. The number of alkyl halides is 5. The Kier molecular flexibility index (Phi) is 4.04. The largest absolute Gasteiger partial charge is 0.459 e. The second-order valence-corrected chi connectivity index (χ2v) is 4.06. The lowest BCUT2D eigenvalue weighted by molar-refractivity contribution is -0.291. The van der Waals surface area contributed by atoms with Crippen molar-refractivity contribution in [3.63, 3.8) is 0 Å². The van der Waals surface area contributed by atoms with Crippen LogP contribution in [0.4, 0.5) is 22.0 Å². The summed E-state index contributed by atoms with van der Waals surface area (Å²) >= 11 is 0.826. The first-order valence-electron chi connectivity index (χ1n) is 4.76. The van der Waals surface area contributed by atoms with Crippen molar-refractivity contribution in [2.75, 3.05) is 6.26 Å². The molecule has 0 fully saturated rings. The van der Waals surface area contributed by atoms with Gasteiger partial charge in [0.15, 0.2) is 5.16 Å². The average Bonchev–Trinajstić information content (AvgIpc) is 2.26. The third-order valence-corrected chi connectivity index (χ3v) is 2.83. The molecule has 0 aromatic carbocycles. The summed E-state index contributed by atoms with van der Waals surface area (Å²) in [5.74, 6) is -5.14. The van der Waals surface area contributed by atoms with Gasteiger partial charge in [0.25, 0.3) is 5.56 Å². The molecule has 0 aliphatic rings. The Balaban J connectivity index is 3.46. The first kappa shape index (κ1) is 14.9. The SMILES string of the molecule is CCn1c(SC)nc(C(F)(F)C(F)(F)F)cc1=O. The maximum atomic E-state index is 13.0. The van der Waals surface area contributed by atoms with E-state index in [2.05, 4.69) is 4.98 Å². The number of halogens is 5. The third-order valence-electron chi connectivity index (χ3n) is 2.15. The van der Waals surface area contributed by atoms with Crippen molar-refractivity contribution >= 4 is 11.8 Å². The molecule has 0 amide bonds. The number of nitrogens with zero attached hydrogens (tertiary/aromatic N) is 2. The van der Waals surface area contributed by atoms with Crippen LogP contribution in [0.1, 0.15) is 12.6 Å². The van der Waals surface area contributed by atoms with E-state index in [1.165, 1.54) is 6.26 Å². The van der Waals surface area contributed by atoms with Crippen LogP contribution in [-0.2, 0) is 12.5 Å². The minimum Gasteiger partial charge on any atom is -0.288 e. The first-order chi connectivity index (χ1) is 8.15. The molecular weight excluding hydrogens is 279 g/mol. The number of hydrogen-bond acceptors (Lipinski definition) is 3. The Morgan fingerprint density at radius 2 is 1.89 bits per heavy atom. The quantitative estimate of drug-likeness (QED) is 0.487. The van der Waals surface area contributed by atoms with Crippen molar-refractivity contribution in [3.8, 4) is 0 Å². The number of thioether (sulfide) groups is 1. The van der Waals surface area contributed by atoms with Crippen LogP contribution in [0.2, 0.25) is 0 Å². The van der Waals surface area contributed by atoms with Gasteiger partial charge in [0.2, 0.25) is 0 Å². The molecule has 0 atom stereocenters. The topological polar surface area (TPSA) is 34.9 Å². The zero-order valence-corrected chi connectivity index (χ0v) is 10.2. The third kappa shape index (κ3) is 2.50. The maximum Gasteiger partial charge on any atom is 0.459 e. The predicted molar refractivity (Wildman–Crippen MR) is 55.9 cm³/mol. The van der Waals surface area contributed by atoms with E-state index in [9.17, 15) is 26.7 Å². The van der Waals surface area contributed by atoms with Crippen LogP contribution in [0.25, 0.3) is 0 Å². The number of aromatic nitrogens is 2. The zero-order valence-electron chi connectivity index (χ0n) is 9.39. The Hall–Kier alpha value is -1.12. The summed E-state index contributed by atoms with van der Waals surface area (Å²) in [6.07, 6.45) is -4.34. The van der Waals surface area contributed by atoms with Crippen LogP contribution in [0.3, 0.4) is 0 Å². The van der Waals surface area contributed by atoms with Crippen molar-refractivity contribution in [2.45, 2.75) is 30.7 Å². The molecule has 0 aliphatic heterocycles. The van der Waals surface area contributed by atoms with E-state index in [4.69, 9.17) is 0 Å². The van der Waals surface area contributed by atoms with Crippen LogP contribution in [0.15, 0.2) is 16.0 Å². The summed E-state index contributed by atoms with van der Waals surface area (Å²) in [6, 6.07) is 0.219. The summed E-state index contributed by atoms with van der Waals surface area (Å²) in [7, 11) is 0. The summed E-state index contributed by atoms with van der Waals surface area (Å²) in [5.41, 5.74) is -2.51. The van der Waals surface area contributed by atoms with Crippen molar-refractivity contribution < 1.29 is 22.0 Å². The Labute approximate surface area is 103 Å². The molecule has 0 aliphatic carbocycles. The van der Waals surface area contributed by atoms with Gasteiger partial charge in [0.05, 0.1) is 0 Å². The van der Waals surface area contributed by atoms with Gasteiger partial charge < -0.3 is 0 Å². The molecule has 1 aromatic rings. The molecule has 3 nitrogen and oxygen atoms in total. The van der Waals surface area contributed by atoms with Crippen molar-refractivity contribution in [1.29, 1.82) is 0 Å². The van der Waals surface area contributed by atoms with E-state index < -0.39 is 23.4 Å². The van der Waals surface area contributed by atoms with E-state index in [-0.39, 0.29) is 17.8 Å². The lowest BCUT2D eigenvalue weighted by Crippen LogP contribution is -2.37. The highest BCUT2D eigenvalue weighted by molar-refractivity contribution is 7.98. The van der Waals surface area contributed by atoms with Crippen molar-refractivity contribution in [2.24, 2.45) is 0 Å². The molecular formula is C9H9F5N2OS. The van der Waals surface area contributed by atoms with Gasteiger partial charge in [0, 0.05) is 12.6 Å². The van der Waals surface area contributed by atoms with Gasteiger partial charge in [0.1, 0.15) is 5.69 Å². The minimum absolute atomic E-state index is 0.139. The highest BCUT2D eigenvalue weighted by Gasteiger charge is 2.60. The van der Waals surface area contributed by atoms with E-state index in [1.54, 1.807) is 6.92 Å². The fourth-order valence-electron chi connectivity index (χ4n) is 1.24. The van der Waals surface area contributed by atoms with Gasteiger partial charge in [-0.2, -0.15) is 22.0 Å². The highest BCUT2D eigenvalue weighted by Crippen LogP contribution is 2.42. The minimum atomic E-state index is -5.78. The van der Waals surface area contributed by atoms with Crippen molar-refractivity contribution in [1.82, 2.24) is 9.55 Å². The number of hydrogen-bond donors (Lipinski definition) is 0. The molecule has 0 saturated heterocycles. The van der Waals surface area contributed by atoms with E-state index >= 15 is 0 Å². The summed E-state index contributed by atoms with van der Waals surface area (Å²) in [5, 5.41) is -0.177. The van der Waals surface area contributed by atoms with Crippen molar-refractivity contribution in [3.05, 3.63) is 22.1 Å². The molecule has 9 heteroatoms. The summed E-state index contributed by atoms with van der Waals surface area (Å²) in [6.45, 7) is 1.70. The number of rotatable bonds is 3. The molecule has 1 heterocycles. The highest BCUT2D eigenvalue weighted by atomic mass is 32.2. The zero-order chi connectivity index (χ0) is 14.1. The second-order valence-electron chi connectivity index (χ2n) is 3.28. The van der Waals surface area contributed by atoms with E-state index in [0.29, 0.717) is 0 Å². The van der Waals surface area contributed by atoms with Crippen LogP contribution in [0.5, 0.6) is 0 Å². The van der Waals surface area contributed by atoms with E-state index in [1.807, 2.05) is 0 Å². The molecule has 0 unspecified atom stereocenters. The van der Waals surface area contributed by atoms with E-state index in [0.717, 1.165) is 16.3 Å². The first-order valence-corrected chi connectivity index (χ1v) is 5.98. The van der Waals surface area contributed by atoms with Crippen LogP contribution in [-0.4, -0.2) is 22.0 Å². The smallest absolute Gasteiger partial charge is 0.288 e. The monoisotopic (exact) mass is 288 g/mol. The fourth-order valence-corrected chi connectivity index (χ4v) is 1.87. The average molecular weight is 288 g/mol. The molecule has 1 rings (SSSR count).